The van der Waals surface area contributed by atoms with Crippen molar-refractivity contribution >= 4 is 32.1 Å². The fraction of sp³-hybridized carbons (Fsp3) is 0.0714. The molecule has 0 amide bonds. The van der Waals surface area contributed by atoms with E-state index >= 15 is 0 Å². The highest BCUT2D eigenvalue weighted by Gasteiger charge is 2.40. The first-order chi connectivity index (χ1) is 24.9. The van der Waals surface area contributed by atoms with E-state index in [0.717, 1.165) is 49.2 Å². The third-order valence-electron chi connectivity index (χ3n) is 9.20. The molecule has 0 spiro atoms. The van der Waals surface area contributed by atoms with Gasteiger partial charge < -0.3 is 0 Å². The second-order valence-corrected chi connectivity index (χ2v) is 15.7. The predicted molar refractivity (Wildman–Crippen MR) is 202 cm³/mol. The van der Waals surface area contributed by atoms with Crippen LogP contribution in [0.4, 0.5) is 4.39 Å². The van der Waals surface area contributed by atoms with Gasteiger partial charge in [-0.2, -0.15) is 5.10 Å². The average molecular weight is 707 g/mol. The van der Waals surface area contributed by atoms with Gasteiger partial charge >= 0.3 is 0 Å². The SMILES string of the molecule is CCS(=O)(=O)c1ccc(-c2ncnc3ccc(-c4cn(C(c5ccccc5)(c5ccccc5)c5ccccc5)nc4-c4ccc(F)cc4)cc23)s1. The molecule has 0 aliphatic carbocycles. The van der Waals surface area contributed by atoms with Crippen LogP contribution in [0.3, 0.4) is 0 Å². The van der Waals surface area contributed by atoms with Crippen LogP contribution < -0.4 is 0 Å². The third-order valence-corrected chi connectivity index (χ3v) is 12.6. The first-order valence-electron chi connectivity index (χ1n) is 16.5. The van der Waals surface area contributed by atoms with E-state index < -0.39 is 15.4 Å². The highest BCUT2D eigenvalue weighted by molar-refractivity contribution is 7.93. The van der Waals surface area contributed by atoms with E-state index in [1.54, 1.807) is 31.2 Å². The number of halogens is 1. The zero-order valence-electron chi connectivity index (χ0n) is 27.5. The minimum Gasteiger partial charge on any atom is -0.252 e. The first-order valence-corrected chi connectivity index (χ1v) is 19.0. The quantitative estimate of drug-likeness (QED) is 0.140. The van der Waals surface area contributed by atoms with E-state index in [1.807, 2.05) is 77.5 Å². The van der Waals surface area contributed by atoms with Gasteiger partial charge in [-0.25, -0.2) is 22.8 Å². The summed E-state index contributed by atoms with van der Waals surface area (Å²) in [7, 11) is -3.37. The number of rotatable bonds is 9. The molecule has 3 aromatic heterocycles. The Labute approximate surface area is 299 Å². The molecule has 0 radical (unpaired) electrons. The number of nitrogens with zero attached hydrogens (tertiary/aromatic N) is 4. The van der Waals surface area contributed by atoms with Gasteiger partial charge in [-0.1, -0.05) is 104 Å². The minimum atomic E-state index is -3.37. The highest BCUT2D eigenvalue weighted by Crippen LogP contribution is 2.44. The number of benzene rings is 5. The smallest absolute Gasteiger partial charge is 0.187 e. The second-order valence-electron chi connectivity index (χ2n) is 12.1. The van der Waals surface area contributed by atoms with Crippen molar-refractivity contribution in [3.63, 3.8) is 0 Å². The molecule has 0 fully saturated rings. The van der Waals surface area contributed by atoms with Crippen LogP contribution in [0.1, 0.15) is 23.6 Å². The largest absolute Gasteiger partial charge is 0.252 e. The molecular formula is C42H31FN4O2S2. The molecule has 51 heavy (non-hydrogen) atoms. The van der Waals surface area contributed by atoms with Crippen LogP contribution in [-0.2, 0) is 15.4 Å². The Morgan fingerprint density at radius 2 is 1.27 bits per heavy atom. The maximum atomic E-state index is 14.3. The Hall–Kier alpha value is -5.77. The summed E-state index contributed by atoms with van der Waals surface area (Å²) in [5, 5.41) is 6.16. The molecule has 3 heterocycles. The molecule has 0 saturated carbocycles. The summed E-state index contributed by atoms with van der Waals surface area (Å²) < 4.78 is 42.0. The highest BCUT2D eigenvalue weighted by atomic mass is 32.2. The summed E-state index contributed by atoms with van der Waals surface area (Å²) in [5.41, 5.74) is 6.66. The molecule has 8 aromatic rings. The van der Waals surface area contributed by atoms with Crippen molar-refractivity contribution < 1.29 is 12.8 Å². The molecule has 0 aliphatic rings. The fourth-order valence-corrected chi connectivity index (χ4v) is 9.13. The van der Waals surface area contributed by atoms with Gasteiger partial charge in [0.1, 0.15) is 27.6 Å². The van der Waals surface area contributed by atoms with E-state index in [9.17, 15) is 12.8 Å². The van der Waals surface area contributed by atoms with E-state index in [1.165, 1.54) is 29.8 Å². The first kappa shape index (κ1) is 32.4. The summed E-state index contributed by atoms with van der Waals surface area (Å²) >= 11 is 1.21. The summed E-state index contributed by atoms with van der Waals surface area (Å²) in [6, 6.07) is 46.7. The second kappa shape index (κ2) is 13.2. The number of hydrogen-bond acceptors (Lipinski definition) is 6. The number of thiophene rings is 1. The molecule has 250 valence electrons. The molecular weight excluding hydrogens is 676 g/mol. The summed E-state index contributed by atoms with van der Waals surface area (Å²) in [6.45, 7) is 1.64. The maximum Gasteiger partial charge on any atom is 0.187 e. The van der Waals surface area contributed by atoms with Gasteiger partial charge in [0.05, 0.1) is 21.8 Å². The zero-order valence-corrected chi connectivity index (χ0v) is 29.2. The van der Waals surface area contributed by atoms with E-state index in [4.69, 9.17) is 5.10 Å². The molecule has 0 saturated heterocycles. The van der Waals surface area contributed by atoms with Crippen molar-refractivity contribution in [2.24, 2.45) is 0 Å². The monoisotopic (exact) mass is 706 g/mol. The van der Waals surface area contributed by atoms with Gasteiger partial charge in [0.2, 0.25) is 0 Å². The summed E-state index contributed by atoms with van der Waals surface area (Å²) in [5.74, 6) is -0.311. The Morgan fingerprint density at radius 3 is 1.86 bits per heavy atom. The molecule has 0 bridgehead atoms. The van der Waals surface area contributed by atoms with Crippen LogP contribution in [0.5, 0.6) is 0 Å². The van der Waals surface area contributed by atoms with Gasteiger partial charge in [0, 0.05) is 22.7 Å². The summed E-state index contributed by atoms with van der Waals surface area (Å²) in [4.78, 5) is 9.90. The fourth-order valence-electron chi connectivity index (χ4n) is 6.69. The molecule has 0 atom stereocenters. The van der Waals surface area contributed by atoms with Crippen LogP contribution in [0.15, 0.2) is 162 Å². The normalized spacial score (nSPS) is 12.0. The van der Waals surface area contributed by atoms with Gasteiger partial charge in [-0.05, 0) is 70.8 Å². The molecule has 9 heteroatoms. The van der Waals surface area contributed by atoms with Gasteiger partial charge in [-0.3, -0.25) is 4.68 Å². The van der Waals surface area contributed by atoms with Crippen molar-refractivity contribution in [2.75, 3.05) is 5.75 Å². The molecule has 8 rings (SSSR count). The lowest BCUT2D eigenvalue weighted by molar-refractivity contribution is 0.461. The topological polar surface area (TPSA) is 77.7 Å². The number of sulfone groups is 1. The van der Waals surface area contributed by atoms with Crippen LogP contribution >= 0.6 is 11.3 Å². The van der Waals surface area contributed by atoms with Crippen LogP contribution in [0.2, 0.25) is 0 Å². The van der Waals surface area contributed by atoms with E-state index in [2.05, 4.69) is 52.6 Å². The minimum absolute atomic E-state index is 0.0220. The molecule has 6 nitrogen and oxygen atoms in total. The molecule has 0 aliphatic heterocycles. The lowest BCUT2D eigenvalue weighted by atomic mass is 9.77. The van der Waals surface area contributed by atoms with E-state index in [0.29, 0.717) is 15.6 Å². The average Bonchev–Trinajstić information content (AvgIpc) is 3.86. The number of fused-ring (bicyclic) bond motifs is 1. The Balaban J connectivity index is 1.41. The Morgan fingerprint density at radius 1 is 0.686 bits per heavy atom. The molecule has 5 aromatic carbocycles. The number of hydrogen-bond donors (Lipinski definition) is 0. The third kappa shape index (κ3) is 5.74. The van der Waals surface area contributed by atoms with Crippen LogP contribution in [0, 0.1) is 5.82 Å². The Kier molecular flexibility index (Phi) is 8.37. The molecule has 0 unspecified atom stereocenters. The number of aromatic nitrogens is 4. The standard InChI is InChI=1S/C42H31FN4O2S2/c1-2-51(48,49)39-25-24-38(50-39)41-35-26-30(20-23-37(35)44-28-45-41)36-27-47(46-40(36)29-18-21-34(43)22-19-29)42(31-12-6-3-7-13-31,32-14-8-4-9-15-32)33-16-10-5-11-17-33/h3-28H,2H2,1H3. The van der Waals surface area contributed by atoms with Gasteiger partial charge in [0.15, 0.2) is 9.84 Å². The van der Waals surface area contributed by atoms with Crippen molar-refractivity contribution in [1.29, 1.82) is 0 Å². The maximum absolute atomic E-state index is 14.3. The lowest BCUT2D eigenvalue weighted by Gasteiger charge is -2.36. The van der Waals surface area contributed by atoms with E-state index in [-0.39, 0.29) is 11.6 Å². The van der Waals surface area contributed by atoms with Gasteiger partial charge in [0.25, 0.3) is 0 Å². The van der Waals surface area contributed by atoms with Crippen molar-refractivity contribution in [3.05, 3.63) is 181 Å². The van der Waals surface area contributed by atoms with Crippen molar-refractivity contribution in [2.45, 2.75) is 16.7 Å². The van der Waals surface area contributed by atoms with Gasteiger partial charge in [-0.15, -0.1) is 11.3 Å². The van der Waals surface area contributed by atoms with Crippen LogP contribution in [0.25, 0.3) is 43.9 Å². The molecule has 0 N–H and O–H groups in total. The predicted octanol–water partition coefficient (Wildman–Crippen LogP) is 9.66. The van der Waals surface area contributed by atoms with Crippen LogP contribution in [-0.4, -0.2) is 33.9 Å². The lowest BCUT2D eigenvalue weighted by Crippen LogP contribution is -2.38. The summed E-state index contributed by atoms with van der Waals surface area (Å²) in [6.07, 6.45) is 3.56. The van der Waals surface area contributed by atoms with Crippen molar-refractivity contribution in [3.8, 4) is 33.0 Å². The Bertz CT molecular complexity index is 2490. The zero-order chi connectivity index (χ0) is 35.0. The van der Waals surface area contributed by atoms with Crippen molar-refractivity contribution in [1.82, 2.24) is 19.7 Å².